The summed E-state index contributed by atoms with van der Waals surface area (Å²) in [4.78, 5) is 11.9. The van der Waals surface area contributed by atoms with Crippen molar-refractivity contribution in [1.82, 2.24) is 5.32 Å². The number of nitrogens with one attached hydrogen (secondary N) is 1. The molecule has 0 saturated carbocycles. The number of carbonyl (C=O) groups excluding carboxylic acids is 1. The number of benzene rings is 2. The van der Waals surface area contributed by atoms with Crippen molar-refractivity contribution in [2.24, 2.45) is 0 Å². The zero-order valence-electron chi connectivity index (χ0n) is 11.4. The molecule has 2 aromatic rings. The van der Waals surface area contributed by atoms with Crippen LogP contribution in [0, 0.1) is 5.82 Å². The van der Waals surface area contributed by atoms with E-state index in [1.807, 2.05) is 6.07 Å². The van der Waals surface area contributed by atoms with Gasteiger partial charge in [0.05, 0.1) is 5.54 Å². The van der Waals surface area contributed by atoms with Gasteiger partial charge in [-0.25, -0.2) is 9.18 Å². The maximum atomic E-state index is 13.2. The van der Waals surface area contributed by atoms with Crippen LogP contribution in [0.5, 0.6) is 5.75 Å². The number of ether oxygens (including phenoxy) is 1. The summed E-state index contributed by atoms with van der Waals surface area (Å²) in [6, 6.07) is 14.9. The fraction of sp³-hybridized carbons (Fsp3) is 0.188. The lowest BCUT2D eigenvalue weighted by atomic mass is 9.94. The molecule has 1 N–H and O–H groups in total. The molecule has 3 nitrogen and oxygen atoms in total. The number of rotatable bonds is 3. The molecule has 2 aromatic carbocycles. The Bertz CT molecular complexity index is 596. The number of hydrogen-bond donors (Lipinski definition) is 1. The minimum atomic E-state index is -0.728. The second kappa shape index (κ2) is 5.74. The Morgan fingerprint density at radius 2 is 1.80 bits per heavy atom. The van der Waals surface area contributed by atoms with Gasteiger partial charge in [-0.1, -0.05) is 30.3 Å². The van der Waals surface area contributed by atoms with Crippen molar-refractivity contribution < 1.29 is 13.9 Å². The highest BCUT2D eigenvalue weighted by atomic mass is 19.1. The summed E-state index contributed by atoms with van der Waals surface area (Å²) in [5.74, 6) is 0.119. The van der Waals surface area contributed by atoms with Gasteiger partial charge in [-0.15, -0.1) is 0 Å². The van der Waals surface area contributed by atoms with Crippen molar-refractivity contribution in [2.75, 3.05) is 0 Å². The van der Waals surface area contributed by atoms with Gasteiger partial charge in [0.15, 0.2) is 0 Å². The Morgan fingerprint density at radius 3 is 2.45 bits per heavy atom. The van der Waals surface area contributed by atoms with Crippen LogP contribution in [-0.4, -0.2) is 6.09 Å². The number of amides is 1. The molecule has 1 amide bonds. The van der Waals surface area contributed by atoms with Crippen LogP contribution < -0.4 is 10.1 Å². The molecule has 20 heavy (non-hydrogen) atoms. The van der Waals surface area contributed by atoms with E-state index >= 15 is 0 Å². The Hall–Kier alpha value is -2.36. The molecule has 0 aliphatic heterocycles. The van der Waals surface area contributed by atoms with Gasteiger partial charge in [-0.3, -0.25) is 0 Å². The molecule has 0 aliphatic rings. The molecule has 0 spiro atoms. The van der Waals surface area contributed by atoms with E-state index in [0.717, 1.165) is 0 Å². The molecule has 104 valence electrons. The van der Waals surface area contributed by atoms with E-state index < -0.39 is 11.6 Å². The standard InChI is InChI=1S/C16H16FNO2/c1-16(2,12-7-6-8-13(17)11-12)18-15(19)20-14-9-4-3-5-10-14/h3-11H,1-2H3,(H,18,19). The molecule has 4 heteroatoms. The molecular weight excluding hydrogens is 257 g/mol. The van der Waals surface area contributed by atoms with Crippen LogP contribution in [0.25, 0.3) is 0 Å². The van der Waals surface area contributed by atoms with Gasteiger partial charge < -0.3 is 10.1 Å². The van der Waals surface area contributed by atoms with E-state index in [9.17, 15) is 9.18 Å². The molecule has 0 aliphatic carbocycles. The Labute approximate surface area is 117 Å². The third kappa shape index (κ3) is 3.57. The Balaban J connectivity index is 2.06. The van der Waals surface area contributed by atoms with Crippen LogP contribution in [0.3, 0.4) is 0 Å². The first kappa shape index (κ1) is 14.1. The summed E-state index contributed by atoms with van der Waals surface area (Å²) >= 11 is 0. The largest absolute Gasteiger partial charge is 0.413 e. The van der Waals surface area contributed by atoms with Crippen molar-refractivity contribution in [1.29, 1.82) is 0 Å². The summed E-state index contributed by atoms with van der Waals surface area (Å²) in [5.41, 5.74) is -0.0592. The first-order valence-corrected chi connectivity index (χ1v) is 6.28. The van der Waals surface area contributed by atoms with Crippen molar-refractivity contribution in [2.45, 2.75) is 19.4 Å². The van der Waals surface area contributed by atoms with Gasteiger partial charge in [0, 0.05) is 0 Å². The normalized spacial score (nSPS) is 10.9. The van der Waals surface area contributed by atoms with E-state index in [0.29, 0.717) is 11.3 Å². The van der Waals surface area contributed by atoms with Gasteiger partial charge in [0.2, 0.25) is 0 Å². The highest BCUT2D eigenvalue weighted by Crippen LogP contribution is 2.21. The third-order valence-corrected chi connectivity index (χ3v) is 2.91. The molecule has 0 atom stereocenters. The van der Waals surface area contributed by atoms with E-state index in [4.69, 9.17) is 4.74 Å². The van der Waals surface area contributed by atoms with Gasteiger partial charge in [0.25, 0.3) is 0 Å². The fourth-order valence-corrected chi connectivity index (χ4v) is 1.83. The van der Waals surface area contributed by atoms with Crippen molar-refractivity contribution in [3.05, 3.63) is 66.0 Å². The molecule has 0 radical (unpaired) electrons. The van der Waals surface area contributed by atoms with Crippen LogP contribution in [0.1, 0.15) is 19.4 Å². The summed E-state index contributed by atoms with van der Waals surface area (Å²) in [5, 5.41) is 2.72. The number of halogens is 1. The molecule has 0 fully saturated rings. The molecule has 2 rings (SSSR count). The predicted molar refractivity (Wildman–Crippen MR) is 75.0 cm³/mol. The van der Waals surface area contributed by atoms with Crippen molar-refractivity contribution in [3.8, 4) is 5.75 Å². The highest BCUT2D eigenvalue weighted by Gasteiger charge is 2.24. The first-order chi connectivity index (χ1) is 9.47. The third-order valence-electron chi connectivity index (χ3n) is 2.91. The van der Waals surface area contributed by atoms with Gasteiger partial charge in [0.1, 0.15) is 11.6 Å². The molecular formula is C16H16FNO2. The average Bonchev–Trinajstić information content (AvgIpc) is 2.39. The zero-order chi connectivity index (χ0) is 14.6. The van der Waals surface area contributed by atoms with E-state index in [1.54, 1.807) is 50.2 Å². The van der Waals surface area contributed by atoms with Crippen LogP contribution >= 0.6 is 0 Å². The quantitative estimate of drug-likeness (QED) is 0.922. The summed E-state index contributed by atoms with van der Waals surface area (Å²) < 4.78 is 18.4. The molecule has 0 bridgehead atoms. The predicted octanol–water partition coefficient (Wildman–Crippen LogP) is 3.85. The van der Waals surface area contributed by atoms with Crippen LogP contribution in [0.2, 0.25) is 0 Å². The Kier molecular flexibility index (Phi) is 4.03. The number of hydrogen-bond acceptors (Lipinski definition) is 2. The highest BCUT2D eigenvalue weighted by molar-refractivity contribution is 5.71. The lowest BCUT2D eigenvalue weighted by Crippen LogP contribution is -2.42. The minimum Gasteiger partial charge on any atom is -0.410 e. The first-order valence-electron chi connectivity index (χ1n) is 6.28. The van der Waals surface area contributed by atoms with Crippen LogP contribution in [0.15, 0.2) is 54.6 Å². The van der Waals surface area contributed by atoms with Crippen molar-refractivity contribution in [3.63, 3.8) is 0 Å². The lowest BCUT2D eigenvalue weighted by molar-refractivity contribution is 0.188. The monoisotopic (exact) mass is 273 g/mol. The Morgan fingerprint density at radius 1 is 1.10 bits per heavy atom. The summed E-state index contributed by atoms with van der Waals surface area (Å²) in [6.07, 6.45) is -0.578. The minimum absolute atomic E-state index is 0.339. The molecule has 0 saturated heterocycles. The maximum absolute atomic E-state index is 13.2. The number of carbonyl (C=O) groups is 1. The maximum Gasteiger partial charge on any atom is 0.413 e. The molecule has 0 aromatic heterocycles. The van der Waals surface area contributed by atoms with Crippen LogP contribution in [-0.2, 0) is 5.54 Å². The zero-order valence-corrected chi connectivity index (χ0v) is 11.4. The van der Waals surface area contributed by atoms with Crippen LogP contribution in [0.4, 0.5) is 9.18 Å². The lowest BCUT2D eigenvalue weighted by Gasteiger charge is -2.26. The summed E-state index contributed by atoms with van der Waals surface area (Å²) in [7, 11) is 0. The van der Waals surface area contributed by atoms with E-state index in [2.05, 4.69) is 5.32 Å². The smallest absolute Gasteiger partial charge is 0.410 e. The fourth-order valence-electron chi connectivity index (χ4n) is 1.83. The summed E-state index contributed by atoms with van der Waals surface area (Å²) in [6.45, 7) is 3.57. The second-order valence-electron chi connectivity index (χ2n) is 4.96. The topological polar surface area (TPSA) is 38.3 Å². The van der Waals surface area contributed by atoms with Gasteiger partial charge in [-0.2, -0.15) is 0 Å². The average molecular weight is 273 g/mol. The van der Waals surface area contributed by atoms with E-state index in [-0.39, 0.29) is 5.82 Å². The van der Waals surface area contributed by atoms with Gasteiger partial charge in [-0.05, 0) is 43.7 Å². The molecule has 0 unspecified atom stereocenters. The van der Waals surface area contributed by atoms with Crippen molar-refractivity contribution >= 4 is 6.09 Å². The SMILES string of the molecule is CC(C)(NC(=O)Oc1ccccc1)c1cccc(F)c1. The second-order valence-corrected chi connectivity index (χ2v) is 4.96. The van der Waals surface area contributed by atoms with E-state index in [1.165, 1.54) is 12.1 Å². The number of para-hydroxylation sites is 1. The molecule has 0 heterocycles. The van der Waals surface area contributed by atoms with Gasteiger partial charge >= 0.3 is 6.09 Å².